The van der Waals surface area contributed by atoms with Crippen molar-refractivity contribution < 1.29 is 8.42 Å². The van der Waals surface area contributed by atoms with Crippen molar-refractivity contribution in [1.29, 1.82) is 5.26 Å². The van der Waals surface area contributed by atoms with Gasteiger partial charge < -0.3 is 5.73 Å². The topological polar surface area (TPSA) is 83.9 Å². The average Bonchev–Trinajstić information content (AvgIpc) is 3.16. The van der Waals surface area contributed by atoms with Crippen LogP contribution in [-0.2, 0) is 9.84 Å². The van der Waals surface area contributed by atoms with Crippen LogP contribution in [0.15, 0.2) is 57.9 Å². The van der Waals surface area contributed by atoms with Gasteiger partial charge in [0.2, 0.25) is 0 Å². The molecule has 1 fully saturated rings. The lowest BCUT2D eigenvalue weighted by atomic mass is 10.1. The van der Waals surface area contributed by atoms with E-state index in [1.807, 2.05) is 25.1 Å². The molecule has 0 saturated heterocycles. The highest BCUT2D eigenvalue weighted by molar-refractivity contribution is 9.10. The number of hydrogen-bond donors (Lipinski definition) is 1. The Bertz CT molecular complexity index is 886. The molecule has 2 aromatic carbocycles. The monoisotopic (exact) mass is 390 g/mol. The number of nitriles is 1. The molecule has 0 bridgehead atoms. The SMILES string of the molecule is Cc1ccc(S(=O)(=O)[C@H]2[C@H](c3ccc(Br)cc3)[C@@]2(N)C#N)cc1. The zero-order valence-electron chi connectivity index (χ0n) is 12.4. The lowest BCUT2D eigenvalue weighted by molar-refractivity contribution is 0.592. The van der Waals surface area contributed by atoms with Gasteiger partial charge in [-0.25, -0.2) is 8.42 Å². The zero-order chi connectivity index (χ0) is 16.8. The van der Waals surface area contributed by atoms with Gasteiger partial charge in [0.05, 0.1) is 11.0 Å². The van der Waals surface area contributed by atoms with Gasteiger partial charge in [-0.05, 0) is 36.8 Å². The van der Waals surface area contributed by atoms with Gasteiger partial charge in [-0.3, -0.25) is 0 Å². The molecule has 3 rings (SSSR count). The summed E-state index contributed by atoms with van der Waals surface area (Å²) in [5.74, 6) is -0.521. The van der Waals surface area contributed by atoms with Crippen LogP contribution in [0.3, 0.4) is 0 Å². The standard InChI is InChI=1S/C17H15BrN2O2S/c1-11-2-8-14(9-3-11)23(21,22)16-15(17(16,20)10-19)12-4-6-13(18)7-5-12/h2-9,15-16H,20H2,1H3/t15-,16-,17-/m0/s1. The molecule has 0 unspecified atom stereocenters. The summed E-state index contributed by atoms with van der Waals surface area (Å²) in [5.41, 5.74) is 6.45. The second-order valence-corrected chi connectivity index (χ2v) is 8.84. The lowest BCUT2D eigenvalue weighted by Gasteiger charge is -2.05. The highest BCUT2D eigenvalue weighted by atomic mass is 79.9. The minimum atomic E-state index is -3.67. The third-order valence-electron chi connectivity index (χ3n) is 4.29. The summed E-state index contributed by atoms with van der Waals surface area (Å²) < 4.78 is 26.7. The van der Waals surface area contributed by atoms with Crippen LogP contribution in [0.5, 0.6) is 0 Å². The smallest absolute Gasteiger partial charge is 0.184 e. The number of benzene rings is 2. The molecule has 1 aliphatic rings. The molecular weight excluding hydrogens is 376 g/mol. The van der Waals surface area contributed by atoms with E-state index in [1.165, 1.54) is 0 Å². The fraction of sp³-hybridized carbons (Fsp3) is 0.235. The van der Waals surface area contributed by atoms with Crippen molar-refractivity contribution in [2.24, 2.45) is 5.73 Å². The first-order valence-corrected chi connectivity index (χ1v) is 9.41. The van der Waals surface area contributed by atoms with E-state index in [0.717, 1.165) is 15.6 Å². The second kappa shape index (κ2) is 5.45. The van der Waals surface area contributed by atoms with Crippen molar-refractivity contribution in [3.63, 3.8) is 0 Å². The predicted molar refractivity (Wildman–Crippen MR) is 91.6 cm³/mol. The fourth-order valence-electron chi connectivity index (χ4n) is 2.94. The highest BCUT2D eigenvalue weighted by Gasteiger charge is 2.70. The maximum absolute atomic E-state index is 12.9. The molecular formula is C17H15BrN2O2S. The molecule has 0 aromatic heterocycles. The average molecular weight is 391 g/mol. The zero-order valence-corrected chi connectivity index (χ0v) is 14.8. The molecule has 0 spiro atoms. The van der Waals surface area contributed by atoms with Crippen LogP contribution in [0.1, 0.15) is 17.0 Å². The van der Waals surface area contributed by atoms with Gasteiger partial charge >= 0.3 is 0 Å². The number of sulfone groups is 1. The molecule has 1 saturated carbocycles. The number of nitrogens with two attached hydrogens (primary N) is 1. The maximum atomic E-state index is 12.9. The molecule has 0 radical (unpaired) electrons. The maximum Gasteiger partial charge on any atom is 0.184 e. The van der Waals surface area contributed by atoms with Crippen molar-refractivity contribution >= 4 is 25.8 Å². The third kappa shape index (κ3) is 2.59. The summed E-state index contributed by atoms with van der Waals surface area (Å²) in [4.78, 5) is 0.206. The van der Waals surface area contributed by atoms with E-state index in [1.54, 1.807) is 36.4 Å². The van der Waals surface area contributed by atoms with Crippen molar-refractivity contribution in [1.82, 2.24) is 0 Å². The Morgan fingerprint density at radius 3 is 2.22 bits per heavy atom. The first kappa shape index (κ1) is 16.2. The quantitative estimate of drug-likeness (QED) is 0.872. The Kier molecular flexibility index (Phi) is 3.83. The van der Waals surface area contributed by atoms with Crippen molar-refractivity contribution in [2.75, 3.05) is 0 Å². The van der Waals surface area contributed by atoms with E-state index in [2.05, 4.69) is 15.9 Å². The van der Waals surface area contributed by atoms with Gasteiger partial charge in [0.15, 0.2) is 9.84 Å². The van der Waals surface area contributed by atoms with E-state index in [4.69, 9.17) is 5.73 Å². The summed E-state index contributed by atoms with van der Waals surface area (Å²) in [6.07, 6.45) is 0. The van der Waals surface area contributed by atoms with E-state index in [0.29, 0.717) is 0 Å². The van der Waals surface area contributed by atoms with Crippen LogP contribution in [0.25, 0.3) is 0 Å². The van der Waals surface area contributed by atoms with Crippen LogP contribution < -0.4 is 5.73 Å². The predicted octanol–water partition coefficient (Wildman–Crippen LogP) is 2.92. The Balaban J connectivity index is 2.03. The van der Waals surface area contributed by atoms with E-state index in [-0.39, 0.29) is 4.90 Å². The van der Waals surface area contributed by atoms with Crippen molar-refractivity contribution in [3.05, 3.63) is 64.1 Å². The van der Waals surface area contributed by atoms with Gasteiger partial charge in [0.1, 0.15) is 10.8 Å². The number of hydrogen-bond acceptors (Lipinski definition) is 4. The number of nitrogens with zero attached hydrogens (tertiary/aromatic N) is 1. The molecule has 0 heterocycles. The normalized spacial score (nSPS) is 26.5. The molecule has 4 nitrogen and oxygen atoms in total. The fourth-order valence-corrected chi connectivity index (χ4v) is 5.39. The molecule has 6 heteroatoms. The minimum Gasteiger partial charge on any atom is -0.312 e. The van der Waals surface area contributed by atoms with Crippen LogP contribution >= 0.6 is 15.9 Å². The summed E-state index contributed by atoms with van der Waals surface area (Å²) in [6, 6.07) is 15.9. The Labute approximate surface area is 144 Å². The number of rotatable bonds is 3. The van der Waals surface area contributed by atoms with Gasteiger partial charge in [-0.1, -0.05) is 45.8 Å². The molecule has 0 amide bonds. The summed E-state index contributed by atoms with van der Waals surface area (Å²) in [6.45, 7) is 1.89. The largest absolute Gasteiger partial charge is 0.312 e. The first-order valence-electron chi connectivity index (χ1n) is 7.07. The van der Waals surface area contributed by atoms with E-state index >= 15 is 0 Å². The third-order valence-corrected chi connectivity index (χ3v) is 7.07. The molecule has 0 aliphatic heterocycles. The van der Waals surface area contributed by atoms with Gasteiger partial charge in [-0.15, -0.1) is 0 Å². The Hall–Kier alpha value is -1.68. The van der Waals surface area contributed by atoms with E-state index in [9.17, 15) is 13.7 Å². The van der Waals surface area contributed by atoms with Crippen LogP contribution in [0.2, 0.25) is 0 Å². The molecule has 2 aromatic rings. The van der Waals surface area contributed by atoms with Gasteiger partial charge in [0, 0.05) is 10.4 Å². The van der Waals surface area contributed by atoms with Crippen molar-refractivity contribution in [2.45, 2.75) is 28.5 Å². The van der Waals surface area contributed by atoms with Gasteiger partial charge in [0.25, 0.3) is 0 Å². The van der Waals surface area contributed by atoms with Crippen LogP contribution in [0, 0.1) is 18.3 Å². The summed E-state index contributed by atoms with van der Waals surface area (Å²) in [7, 11) is -3.67. The van der Waals surface area contributed by atoms with Gasteiger partial charge in [-0.2, -0.15) is 5.26 Å². The van der Waals surface area contributed by atoms with Crippen LogP contribution in [-0.4, -0.2) is 19.2 Å². The van der Waals surface area contributed by atoms with Crippen molar-refractivity contribution in [3.8, 4) is 6.07 Å². The Morgan fingerprint density at radius 2 is 1.70 bits per heavy atom. The molecule has 2 N–H and O–H groups in total. The second-order valence-electron chi connectivity index (χ2n) is 5.85. The Morgan fingerprint density at radius 1 is 1.13 bits per heavy atom. The minimum absolute atomic E-state index is 0.206. The van der Waals surface area contributed by atoms with E-state index < -0.39 is 26.5 Å². The summed E-state index contributed by atoms with van der Waals surface area (Å²) >= 11 is 3.34. The molecule has 3 atom stereocenters. The molecule has 23 heavy (non-hydrogen) atoms. The highest BCUT2D eigenvalue weighted by Crippen LogP contribution is 2.55. The number of aryl methyl sites for hydroxylation is 1. The first-order chi connectivity index (χ1) is 10.8. The molecule has 1 aliphatic carbocycles. The van der Waals surface area contributed by atoms with Crippen LogP contribution in [0.4, 0.5) is 0 Å². The lowest BCUT2D eigenvalue weighted by Crippen LogP contribution is -2.29. The summed E-state index contributed by atoms with van der Waals surface area (Å²) in [5, 5.41) is 8.50. The number of halogens is 1. The molecule has 118 valence electrons.